The number of hydrogen-bond donors (Lipinski definition) is 2. The van der Waals surface area contributed by atoms with Crippen molar-refractivity contribution in [2.24, 2.45) is 11.7 Å². The molecule has 1 fully saturated rings. The van der Waals surface area contributed by atoms with Gasteiger partial charge in [0.15, 0.2) is 0 Å². The Labute approximate surface area is 118 Å². The van der Waals surface area contributed by atoms with E-state index in [4.69, 9.17) is 5.73 Å². The SMILES string of the molecule is CCCCCC(=O)NC(CN)C1CCCCC1.Cl. The molecule has 0 aromatic rings. The van der Waals surface area contributed by atoms with E-state index in [1.807, 2.05) is 0 Å². The molecule has 1 unspecified atom stereocenters. The normalized spacial score (nSPS) is 17.9. The van der Waals surface area contributed by atoms with Crippen LogP contribution in [0.4, 0.5) is 0 Å². The first-order valence-electron chi connectivity index (χ1n) is 7.27. The fraction of sp³-hybridized carbons (Fsp3) is 0.929. The van der Waals surface area contributed by atoms with E-state index >= 15 is 0 Å². The van der Waals surface area contributed by atoms with Gasteiger partial charge in [-0.05, 0) is 25.2 Å². The summed E-state index contributed by atoms with van der Waals surface area (Å²) < 4.78 is 0. The Balaban J connectivity index is 0.00000289. The number of nitrogens with two attached hydrogens (primary N) is 1. The summed E-state index contributed by atoms with van der Waals surface area (Å²) in [6.07, 6.45) is 10.4. The fourth-order valence-corrected chi connectivity index (χ4v) is 2.72. The number of nitrogens with one attached hydrogen (secondary N) is 1. The highest BCUT2D eigenvalue weighted by Crippen LogP contribution is 2.26. The predicted octanol–water partition coefficient (Wildman–Crippen LogP) is 3.01. The van der Waals surface area contributed by atoms with Crippen LogP contribution in [0.1, 0.15) is 64.7 Å². The van der Waals surface area contributed by atoms with E-state index in [0.29, 0.717) is 18.9 Å². The lowest BCUT2D eigenvalue weighted by Gasteiger charge is -2.30. The Morgan fingerprint density at radius 1 is 1.28 bits per heavy atom. The van der Waals surface area contributed by atoms with Crippen LogP contribution >= 0.6 is 12.4 Å². The van der Waals surface area contributed by atoms with Gasteiger partial charge in [0.1, 0.15) is 0 Å². The maximum absolute atomic E-state index is 11.8. The molecule has 1 saturated carbocycles. The molecule has 108 valence electrons. The summed E-state index contributed by atoms with van der Waals surface area (Å²) in [5.41, 5.74) is 5.79. The van der Waals surface area contributed by atoms with Crippen LogP contribution in [-0.2, 0) is 4.79 Å². The van der Waals surface area contributed by atoms with Crippen molar-refractivity contribution in [3.8, 4) is 0 Å². The summed E-state index contributed by atoms with van der Waals surface area (Å²) >= 11 is 0. The number of amides is 1. The van der Waals surface area contributed by atoms with Crippen LogP contribution < -0.4 is 11.1 Å². The van der Waals surface area contributed by atoms with Crippen LogP contribution in [0.25, 0.3) is 0 Å². The summed E-state index contributed by atoms with van der Waals surface area (Å²) in [5, 5.41) is 3.13. The van der Waals surface area contributed by atoms with E-state index in [-0.39, 0.29) is 24.4 Å². The molecule has 1 amide bonds. The monoisotopic (exact) mass is 276 g/mol. The van der Waals surface area contributed by atoms with Crippen molar-refractivity contribution < 1.29 is 4.79 Å². The van der Waals surface area contributed by atoms with Gasteiger partial charge < -0.3 is 11.1 Å². The standard InChI is InChI=1S/C14H28N2O.ClH/c1-2-3-5-10-14(17)16-13(11-15)12-8-6-4-7-9-12;/h12-13H,2-11,15H2,1H3,(H,16,17);1H. The van der Waals surface area contributed by atoms with Crippen molar-refractivity contribution >= 4 is 18.3 Å². The lowest BCUT2D eigenvalue weighted by Crippen LogP contribution is -2.45. The molecule has 0 aliphatic heterocycles. The Kier molecular flexibility index (Phi) is 10.5. The minimum Gasteiger partial charge on any atom is -0.352 e. The first-order valence-corrected chi connectivity index (χ1v) is 7.27. The molecule has 0 radical (unpaired) electrons. The van der Waals surface area contributed by atoms with Crippen LogP contribution in [0, 0.1) is 5.92 Å². The maximum Gasteiger partial charge on any atom is 0.220 e. The molecule has 4 heteroatoms. The van der Waals surface area contributed by atoms with E-state index in [2.05, 4.69) is 12.2 Å². The van der Waals surface area contributed by atoms with Crippen molar-refractivity contribution in [1.29, 1.82) is 0 Å². The molecule has 1 rings (SSSR count). The minimum absolute atomic E-state index is 0. The topological polar surface area (TPSA) is 55.1 Å². The van der Waals surface area contributed by atoms with E-state index in [1.54, 1.807) is 0 Å². The third-order valence-electron chi connectivity index (χ3n) is 3.83. The van der Waals surface area contributed by atoms with Crippen molar-refractivity contribution in [2.45, 2.75) is 70.8 Å². The third kappa shape index (κ3) is 6.60. The second-order valence-corrected chi connectivity index (χ2v) is 5.26. The Morgan fingerprint density at radius 2 is 1.94 bits per heavy atom. The van der Waals surface area contributed by atoms with Crippen LogP contribution in [0.5, 0.6) is 0 Å². The molecule has 1 aliphatic rings. The van der Waals surface area contributed by atoms with Gasteiger partial charge in [-0.3, -0.25) is 4.79 Å². The summed E-state index contributed by atoms with van der Waals surface area (Å²) in [6.45, 7) is 2.74. The molecule has 0 spiro atoms. The van der Waals surface area contributed by atoms with E-state index in [0.717, 1.165) is 19.3 Å². The highest BCUT2D eigenvalue weighted by molar-refractivity contribution is 5.85. The zero-order valence-electron chi connectivity index (χ0n) is 11.6. The van der Waals surface area contributed by atoms with Crippen LogP contribution in [0.3, 0.4) is 0 Å². The molecule has 0 saturated heterocycles. The first-order chi connectivity index (χ1) is 8.27. The molecule has 3 nitrogen and oxygen atoms in total. The Hall–Kier alpha value is -0.280. The predicted molar refractivity (Wildman–Crippen MR) is 79.0 cm³/mol. The molecular formula is C14H29ClN2O. The van der Waals surface area contributed by atoms with Gasteiger partial charge in [0.2, 0.25) is 5.91 Å². The highest BCUT2D eigenvalue weighted by atomic mass is 35.5. The largest absolute Gasteiger partial charge is 0.352 e. The second-order valence-electron chi connectivity index (χ2n) is 5.26. The number of unbranched alkanes of at least 4 members (excludes halogenated alkanes) is 2. The number of carbonyl (C=O) groups is 1. The van der Waals surface area contributed by atoms with Crippen molar-refractivity contribution in [2.75, 3.05) is 6.54 Å². The van der Waals surface area contributed by atoms with E-state index in [9.17, 15) is 4.79 Å². The average Bonchev–Trinajstić information content (AvgIpc) is 2.37. The van der Waals surface area contributed by atoms with Gasteiger partial charge in [0, 0.05) is 19.0 Å². The average molecular weight is 277 g/mol. The van der Waals surface area contributed by atoms with Crippen molar-refractivity contribution in [3.63, 3.8) is 0 Å². The molecule has 18 heavy (non-hydrogen) atoms. The number of hydrogen-bond acceptors (Lipinski definition) is 2. The minimum atomic E-state index is 0. The summed E-state index contributed by atoms with van der Waals surface area (Å²) in [4.78, 5) is 11.8. The molecule has 3 N–H and O–H groups in total. The van der Waals surface area contributed by atoms with Gasteiger partial charge in [0.05, 0.1) is 0 Å². The summed E-state index contributed by atoms with van der Waals surface area (Å²) in [7, 11) is 0. The van der Waals surface area contributed by atoms with Gasteiger partial charge in [-0.1, -0.05) is 39.0 Å². The molecule has 0 heterocycles. The molecule has 1 aliphatic carbocycles. The molecule has 0 bridgehead atoms. The number of halogens is 1. The van der Waals surface area contributed by atoms with Crippen LogP contribution in [0.15, 0.2) is 0 Å². The quantitative estimate of drug-likeness (QED) is 0.703. The molecular weight excluding hydrogens is 248 g/mol. The fourth-order valence-electron chi connectivity index (χ4n) is 2.72. The van der Waals surface area contributed by atoms with Gasteiger partial charge in [0.25, 0.3) is 0 Å². The van der Waals surface area contributed by atoms with Crippen LogP contribution in [-0.4, -0.2) is 18.5 Å². The number of carbonyl (C=O) groups excluding carboxylic acids is 1. The van der Waals surface area contributed by atoms with Gasteiger partial charge in [-0.2, -0.15) is 0 Å². The van der Waals surface area contributed by atoms with Gasteiger partial charge >= 0.3 is 0 Å². The second kappa shape index (κ2) is 10.6. The molecule has 1 atom stereocenters. The summed E-state index contributed by atoms with van der Waals surface area (Å²) in [6, 6.07) is 0.212. The van der Waals surface area contributed by atoms with Crippen molar-refractivity contribution in [3.05, 3.63) is 0 Å². The van der Waals surface area contributed by atoms with Gasteiger partial charge in [-0.25, -0.2) is 0 Å². The van der Waals surface area contributed by atoms with Crippen molar-refractivity contribution in [1.82, 2.24) is 5.32 Å². The Morgan fingerprint density at radius 3 is 2.50 bits per heavy atom. The lowest BCUT2D eigenvalue weighted by molar-refractivity contribution is -0.122. The van der Waals surface area contributed by atoms with E-state index in [1.165, 1.54) is 32.1 Å². The third-order valence-corrected chi connectivity index (χ3v) is 3.83. The maximum atomic E-state index is 11.8. The highest BCUT2D eigenvalue weighted by Gasteiger charge is 2.23. The van der Waals surface area contributed by atoms with Gasteiger partial charge in [-0.15, -0.1) is 12.4 Å². The first kappa shape index (κ1) is 17.7. The molecule has 0 aromatic carbocycles. The smallest absolute Gasteiger partial charge is 0.220 e. The summed E-state index contributed by atoms with van der Waals surface area (Å²) in [5.74, 6) is 0.809. The zero-order chi connectivity index (χ0) is 12.5. The lowest BCUT2D eigenvalue weighted by atomic mass is 9.84. The van der Waals surface area contributed by atoms with Crippen LogP contribution in [0.2, 0.25) is 0 Å². The molecule has 0 aromatic heterocycles. The Bertz CT molecular complexity index is 218. The number of rotatable bonds is 7. The zero-order valence-corrected chi connectivity index (χ0v) is 12.4. The van der Waals surface area contributed by atoms with E-state index < -0.39 is 0 Å².